The van der Waals surface area contributed by atoms with Gasteiger partial charge in [0.1, 0.15) is 0 Å². The lowest BCUT2D eigenvalue weighted by Crippen LogP contribution is -2.38. The van der Waals surface area contributed by atoms with Gasteiger partial charge in [0.05, 0.1) is 12.8 Å². The lowest BCUT2D eigenvalue weighted by Gasteiger charge is -2.32. The zero-order chi connectivity index (χ0) is 20.1. The third-order valence-electron chi connectivity index (χ3n) is 5.52. The number of hydrogen-bond donors (Lipinski definition) is 0. The Balaban J connectivity index is 1.40. The van der Waals surface area contributed by atoms with Crippen molar-refractivity contribution in [3.05, 3.63) is 77.9 Å². The predicted octanol–water partition coefficient (Wildman–Crippen LogP) is 4.25. The minimum atomic E-state index is 0.0893. The maximum Gasteiger partial charge on any atom is 0.253 e. The quantitative estimate of drug-likeness (QED) is 0.657. The second kappa shape index (κ2) is 8.86. The topological polar surface area (TPSA) is 55.3 Å². The van der Waals surface area contributed by atoms with Crippen molar-refractivity contribution in [3.63, 3.8) is 0 Å². The fraction of sp³-hybridized carbons (Fsp3) is 0.292. The first kappa shape index (κ1) is 19.1. The van der Waals surface area contributed by atoms with E-state index in [4.69, 9.17) is 4.74 Å². The summed E-state index contributed by atoms with van der Waals surface area (Å²) >= 11 is 0. The lowest BCUT2D eigenvalue weighted by atomic mass is 9.90. The first-order valence-corrected chi connectivity index (χ1v) is 10.0. The van der Waals surface area contributed by atoms with Gasteiger partial charge in [-0.05, 0) is 48.9 Å². The normalized spacial score (nSPS) is 14.6. The summed E-state index contributed by atoms with van der Waals surface area (Å²) in [6.07, 6.45) is 3.18. The number of hydrogen-bond acceptors (Lipinski definition) is 4. The highest BCUT2D eigenvalue weighted by Gasteiger charge is 2.24. The summed E-state index contributed by atoms with van der Waals surface area (Å²) in [5.74, 6) is 1.20. The molecule has 1 fully saturated rings. The van der Waals surface area contributed by atoms with Crippen LogP contribution in [0, 0.1) is 5.92 Å². The van der Waals surface area contributed by atoms with Crippen molar-refractivity contribution in [1.29, 1.82) is 0 Å². The summed E-state index contributed by atoms with van der Waals surface area (Å²) in [6.45, 7) is 1.62. The fourth-order valence-corrected chi connectivity index (χ4v) is 3.86. The Morgan fingerprint density at radius 3 is 2.48 bits per heavy atom. The van der Waals surface area contributed by atoms with E-state index in [1.807, 2.05) is 35.2 Å². The van der Waals surface area contributed by atoms with Crippen molar-refractivity contribution in [2.45, 2.75) is 19.3 Å². The van der Waals surface area contributed by atoms with Gasteiger partial charge in [0, 0.05) is 30.3 Å². The monoisotopic (exact) mass is 387 g/mol. The van der Waals surface area contributed by atoms with Crippen LogP contribution in [-0.2, 0) is 6.42 Å². The van der Waals surface area contributed by atoms with E-state index in [1.165, 1.54) is 5.56 Å². The van der Waals surface area contributed by atoms with E-state index in [1.54, 1.807) is 13.2 Å². The maximum atomic E-state index is 13.0. The number of benzene rings is 2. The van der Waals surface area contributed by atoms with Gasteiger partial charge in [0.25, 0.3) is 5.91 Å². The average molecular weight is 387 g/mol. The number of likely N-dealkylation sites (tertiary alicyclic amines) is 1. The third kappa shape index (κ3) is 4.62. The Hall–Kier alpha value is -3.21. The van der Waals surface area contributed by atoms with Crippen LogP contribution in [0.1, 0.15) is 28.8 Å². The molecular weight excluding hydrogens is 362 g/mol. The Kier molecular flexibility index (Phi) is 5.84. The lowest BCUT2D eigenvalue weighted by molar-refractivity contribution is 0.0690. The number of nitrogens with zero attached hydrogens (tertiary/aromatic N) is 3. The molecule has 0 spiro atoms. The van der Waals surface area contributed by atoms with Gasteiger partial charge in [0.2, 0.25) is 5.88 Å². The molecule has 29 heavy (non-hydrogen) atoms. The highest BCUT2D eigenvalue weighted by molar-refractivity contribution is 5.95. The first-order valence-electron chi connectivity index (χ1n) is 10.0. The standard InChI is InChI=1S/C24H25N3O2/c1-29-23-11-10-22(25-26-23)20-8-5-9-21(17-20)24(28)27-14-12-19(13-15-27)16-18-6-3-2-4-7-18/h2-11,17,19H,12-16H2,1H3. The van der Waals surface area contributed by atoms with Crippen LogP contribution in [0.3, 0.4) is 0 Å². The molecule has 5 nitrogen and oxygen atoms in total. The fourth-order valence-electron chi connectivity index (χ4n) is 3.86. The molecule has 0 unspecified atom stereocenters. The van der Waals surface area contributed by atoms with Crippen molar-refractivity contribution >= 4 is 5.91 Å². The molecule has 2 heterocycles. The molecule has 1 aromatic heterocycles. The van der Waals surface area contributed by atoms with Crippen molar-refractivity contribution < 1.29 is 9.53 Å². The van der Waals surface area contributed by atoms with E-state index in [-0.39, 0.29) is 5.91 Å². The highest BCUT2D eigenvalue weighted by atomic mass is 16.5. The number of carbonyl (C=O) groups excluding carboxylic acids is 1. The van der Waals surface area contributed by atoms with E-state index < -0.39 is 0 Å². The highest BCUT2D eigenvalue weighted by Crippen LogP contribution is 2.24. The van der Waals surface area contributed by atoms with E-state index in [2.05, 4.69) is 40.5 Å². The van der Waals surface area contributed by atoms with Gasteiger partial charge in [-0.3, -0.25) is 4.79 Å². The van der Waals surface area contributed by atoms with Crippen LogP contribution in [0.15, 0.2) is 66.7 Å². The number of rotatable bonds is 5. The van der Waals surface area contributed by atoms with Crippen molar-refractivity contribution in [3.8, 4) is 17.1 Å². The van der Waals surface area contributed by atoms with Crippen LogP contribution in [-0.4, -0.2) is 41.2 Å². The van der Waals surface area contributed by atoms with Crippen molar-refractivity contribution in [1.82, 2.24) is 15.1 Å². The minimum absolute atomic E-state index is 0.0893. The van der Waals surface area contributed by atoms with Gasteiger partial charge in [-0.15, -0.1) is 10.2 Å². The van der Waals surface area contributed by atoms with Crippen LogP contribution in [0.4, 0.5) is 0 Å². The second-order valence-corrected chi connectivity index (χ2v) is 7.47. The molecule has 0 N–H and O–H groups in total. The van der Waals surface area contributed by atoms with E-state index in [0.717, 1.165) is 43.6 Å². The van der Waals surface area contributed by atoms with E-state index in [0.29, 0.717) is 17.4 Å². The molecule has 1 amide bonds. The van der Waals surface area contributed by atoms with Gasteiger partial charge < -0.3 is 9.64 Å². The van der Waals surface area contributed by atoms with Crippen LogP contribution in [0.25, 0.3) is 11.3 Å². The Morgan fingerprint density at radius 1 is 1.00 bits per heavy atom. The van der Waals surface area contributed by atoms with Gasteiger partial charge in [-0.2, -0.15) is 0 Å². The SMILES string of the molecule is COc1ccc(-c2cccc(C(=O)N3CCC(Cc4ccccc4)CC3)c2)nn1. The summed E-state index contributed by atoms with van der Waals surface area (Å²) in [6, 6.07) is 21.8. The third-order valence-corrected chi connectivity index (χ3v) is 5.52. The summed E-state index contributed by atoms with van der Waals surface area (Å²) in [5, 5.41) is 8.20. The number of methoxy groups -OCH3 is 1. The van der Waals surface area contributed by atoms with Crippen molar-refractivity contribution in [2.24, 2.45) is 5.92 Å². The molecule has 2 aromatic carbocycles. The first-order chi connectivity index (χ1) is 14.2. The van der Waals surface area contributed by atoms with E-state index in [9.17, 15) is 4.79 Å². The molecule has 0 saturated carbocycles. The predicted molar refractivity (Wildman–Crippen MR) is 113 cm³/mol. The largest absolute Gasteiger partial charge is 0.480 e. The molecule has 4 rings (SSSR count). The molecule has 148 valence electrons. The summed E-state index contributed by atoms with van der Waals surface area (Å²) < 4.78 is 5.06. The van der Waals surface area contributed by atoms with Crippen LogP contribution in [0.2, 0.25) is 0 Å². The van der Waals surface area contributed by atoms with Gasteiger partial charge in [0.15, 0.2) is 0 Å². The number of aromatic nitrogens is 2. The van der Waals surface area contributed by atoms with Crippen LogP contribution >= 0.6 is 0 Å². The number of ether oxygens (including phenoxy) is 1. The Bertz CT molecular complexity index is 949. The molecule has 1 saturated heterocycles. The summed E-state index contributed by atoms with van der Waals surface area (Å²) in [7, 11) is 1.56. The molecule has 1 aliphatic rings. The summed E-state index contributed by atoms with van der Waals surface area (Å²) in [5.41, 5.74) is 3.68. The zero-order valence-corrected chi connectivity index (χ0v) is 16.6. The Morgan fingerprint density at radius 2 is 1.79 bits per heavy atom. The smallest absolute Gasteiger partial charge is 0.253 e. The molecule has 0 bridgehead atoms. The van der Waals surface area contributed by atoms with Crippen molar-refractivity contribution in [2.75, 3.05) is 20.2 Å². The van der Waals surface area contributed by atoms with E-state index >= 15 is 0 Å². The van der Waals surface area contributed by atoms with Gasteiger partial charge >= 0.3 is 0 Å². The molecule has 0 atom stereocenters. The number of amides is 1. The molecule has 0 aliphatic carbocycles. The number of carbonyl (C=O) groups is 1. The number of piperidine rings is 1. The summed E-state index contributed by atoms with van der Waals surface area (Å²) in [4.78, 5) is 15.0. The minimum Gasteiger partial charge on any atom is -0.480 e. The zero-order valence-electron chi connectivity index (χ0n) is 16.6. The molecule has 0 radical (unpaired) electrons. The van der Waals surface area contributed by atoms with Crippen LogP contribution < -0.4 is 4.74 Å². The molecule has 5 heteroatoms. The average Bonchev–Trinajstić information content (AvgIpc) is 2.80. The maximum absolute atomic E-state index is 13.0. The van der Waals surface area contributed by atoms with Crippen LogP contribution in [0.5, 0.6) is 5.88 Å². The molecular formula is C24H25N3O2. The van der Waals surface area contributed by atoms with Gasteiger partial charge in [-0.25, -0.2) is 0 Å². The second-order valence-electron chi connectivity index (χ2n) is 7.47. The molecule has 3 aromatic rings. The molecule has 1 aliphatic heterocycles. The van der Waals surface area contributed by atoms with Gasteiger partial charge in [-0.1, -0.05) is 42.5 Å². The Labute approximate surface area is 171 Å².